The molecule has 1 aromatic carbocycles. The van der Waals surface area contributed by atoms with Crippen LogP contribution in [-0.4, -0.2) is 57.2 Å². The van der Waals surface area contributed by atoms with Crippen LogP contribution in [0.25, 0.3) is 0 Å². The van der Waals surface area contributed by atoms with Crippen molar-refractivity contribution in [3.05, 3.63) is 17.7 Å². The second kappa shape index (κ2) is 8.60. The number of amides is 2. The Balaban J connectivity index is 2.12. The molecule has 1 heterocycles. The lowest BCUT2D eigenvalue weighted by atomic mass is 10.1. The summed E-state index contributed by atoms with van der Waals surface area (Å²) in [6.07, 6.45) is 3.18. The fourth-order valence-corrected chi connectivity index (χ4v) is 2.94. The molecule has 1 N–H and O–H groups in total. The van der Waals surface area contributed by atoms with Crippen molar-refractivity contribution in [2.45, 2.75) is 32.2 Å². The average molecular weight is 350 g/mol. The van der Waals surface area contributed by atoms with Crippen LogP contribution in [0.15, 0.2) is 12.1 Å². The Morgan fingerprint density at radius 1 is 1.00 bits per heavy atom. The standard InChI is InChI=1S/C18H26N2O5/c1-12(18(22)20-8-6-5-7-9-20)19-17(21)13-10-14(23-2)16(25-4)15(11-13)24-3/h10-12H,5-9H2,1-4H3,(H,19,21)/t12-/m0/s1. The summed E-state index contributed by atoms with van der Waals surface area (Å²) in [6.45, 7) is 3.21. The number of ether oxygens (including phenoxy) is 3. The summed E-state index contributed by atoms with van der Waals surface area (Å²) in [5.74, 6) is 0.778. The van der Waals surface area contributed by atoms with Gasteiger partial charge in [0, 0.05) is 18.7 Å². The molecule has 1 saturated heterocycles. The summed E-state index contributed by atoms with van der Waals surface area (Å²) in [5, 5.41) is 2.75. The molecule has 0 spiro atoms. The van der Waals surface area contributed by atoms with Crippen LogP contribution in [0.2, 0.25) is 0 Å². The zero-order chi connectivity index (χ0) is 18.4. The molecule has 138 valence electrons. The van der Waals surface area contributed by atoms with Gasteiger partial charge in [0.25, 0.3) is 5.91 Å². The molecule has 0 bridgehead atoms. The lowest BCUT2D eigenvalue weighted by Gasteiger charge is -2.29. The Kier molecular flexibility index (Phi) is 6.50. The fourth-order valence-electron chi connectivity index (χ4n) is 2.94. The maximum Gasteiger partial charge on any atom is 0.252 e. The molecule has 0 aliphatic carbocycles. The highest BCUT2D eigenvalue weighted by Gasteiger charge is 2.25. The highest BCUT2D eigenvalue weighted by Crippen LogP contribution is 2.38. The molecule has 0 unspecified atom stereocenters. The molecule has 1 aromatic rings. The van der Waals surface area contributed by atoms with Crippen molar-refractivity contribution < 1.29 is 23.8 Å². The third-order valence-electron chi connectivity index (χ3n) is 4.31. The van der Waals surface area contributed by atoms with Gasteiger partial charge in [-0.3, -0.25) is 9.59 Å². The van der Waals surface area contributed by atoms with E-state index in [2.05, 4.69) is 5.32 Å². The van der Waals surface area contributed by atoms with Crippen LogP contribution < -0.4 is 19.5 Å². The first-order chi connectivity index (χ1) is 12.0. The highest BCUT2D eigenvalue weighted by atomic mass is 16.5. The zero-order valence-corrected chi connectivity index (χ0v) is 15.3. The minimum atomic E-state index is -0.593. The molecule has 1 atom stereocenters. The van der Waals surface area contributed by atoms with Crippen LogP contribution >= 0.6 is 0 Å². The second-order valence-electron chi connectivity index (χ2n) is 6.00. The van der Waals surface area contributed by atoms with Crippen LogP contribution in [0, 0.1) is 0 Å². The number of methoxy groups -OCH3 is 3. The lowest BCUT2D eigenvalue weighted by Crippen LogP contribution is -2.48. The van der Waals surface area contributed by atoms with Gasteiger partial charge in [-0.2, -0.15) is 0 Å². The van der Waals surface area contributed by atoms with E-state index < -0.39 is 6.04 Å². The molecule has 1 aliphatic heterocycles. The van der Waals surface area contributed by atoms with Gasteiger partial charge >= 0.3 is 0 Å². The Morgan fingerprint density at radius 3 is 2.04 bits per heavy atom. The molecule has 1 aliphatic rings. The number of piperidine rings is 1. The van der Waals surface area contributed by atoms with Gasteiger partial charge in [0.15, 0.2) is 11.5 Å². The first-order valence-electron chi connectivity index (χ1n) is 8.41. The molecule has 0 radical (unpaired) electrons. The number of hydrogen-bond acceptors (Lipinski definition) is 5. The fraction of sp³-hybridized carbons (Fsp3) is 0.556. The Hall–Kier alpha value is -2.44. The number of nitrogens with zero attached hydrogens (tertiary/aromatic N) is 1. The average Bonchev–Trinajstić information content (AvgIpc) is 2.66. The van der Waals surface area contributed by atoms with E-state index in [4.69, 9.17) is 14.2 Å². The van der Waals surface area contributed by atoms with Gasteiger partial charge in [-0.15, -0.1) is 0 Å². The van der Waals surface area contributed by atoms with Gasteiger partial charge in [0.05, 0.1) is 21.3 Å². The normalized spacial score (nSPS) is 15.3. The summed E-state index contributed by atoms with van der Waals surface area (Å²) in [4.78, 5) is 26.8. The monoisotopic (exact) mass is 350 g/mol. The number of nitrogens with one attached hydrogen (secondary N) is 1. The second-order valence-corrected chi connectivity index (χ2v) is 6.00. The topological polar surface area (TPSA) is 77.1 Å². The molecule has 0 aromatic heterocycles. The van der Waals surface area contributed by atoms with Crippen molar-refractivity contribution in [1.82, 2.24) is 10.2 Å². The minimum Gasteiger partial charge on any atom is -0.493 e. The molecule has 2 rings (SSSR count). The molecule has 7 nitrogen and oxygen atoms in total. The third-order valence-corrected chi connectivity index (χ3v) is 4.31. The molecule has 0 saturated carbocycles. The maximum absolute atomic E-state index is 12.5. The van der Waals surface area contributed by atoms with E-state index in [1.165, 1.54) is 21.3 Å². The van der Waals surface area contributed by atoms with E-state index in [1.807, 2.05) is 4.90 Å². The van der Waals surface area contributed by atoms with Crippen molar-refractivity contribution >= 4 is 11.8 Å². The predicted molar refractivity (Wildman–Crippen MR) is 93.5 cm³/mol. The van der Waals surface area contributed by atoms with Crippen LogP contribution in [0.1, 0.15) is 36.5 Å². The Bertz CT molecular complexity index is 601. The van der Waals surface area contributed by atoms with Crippen LogP contribution in [-0.2, 0) is 4.79 Å². The van der Waals surface area contributed by atoms with E-state index in [-0.39, 0.29) is 11.8 Å². The molecule has 25 heavy (non-hydrogen) atoms. The lowest BCUT2D eigenvalue weighted by molar-refractivity contribution is -0.133. The van der Waals surface area contributed by atoms with Crippen molar-refractivity contribution in [2.75, 3.05) is 34.4 Å². The van der Waals surface area contributed by atoms with E-state index in [1.54, 1.807) is 19.1 Å². The van der Waals surface area contributed by atoms with Gasteiger partial charge in [0.1, 0.15) is 6.04 Å². The first kappa shape index (κ1) is 18.9. The van der Waals surface area contributed by atoms with E-state index in [0.717, 1.165) is 32.4 Å². The molecular weight excluding hydrogens is 324 g/mol. The van der Waals surface area contributed by atoms with Crippen LogP contribution in [0.3, 0.4) is 0 Å². The summed E-state index contributed by atoms with van der Waals surface area (Å²) in [5.41, 5.74) is 0.341. The molecular formula is C18H26N2O5. The minimum absolute atomic E-state index is 0.0551. The van der Waals surface area contributed by atoms with Crippen molar-refractivity contribution in [2.24, 2.45) is 0 Å². The molecule has 1 fully saturated rings. The number of hydrogen-bond donors (Lipinski definition) is 1. The zero-order valence-electron chi connectivity index (χ0n) is 15.3. The highest BCUT2D eigenvalue weighted by molar-refractivity contribution is 5.98. The Labute approximate surface area is 148 Å². The summed E-state index contributed by atoms with van der Waals surface area (Å²) < 4.78 is 15.8. The van der Waals surface area contributed by atoms with E-state index >= 15 is 0 Å². The maximum atomic E-state index is 12.5. The summed E-state index contributed by atoms with van der Waals surface area (Å²) >= 11 is 0. The molecule has 2 amide bonds. The largest absolute Gasteiger partial charge is 0.493 e. The number of rotatable bonds is 6. The third kappa shape index (κ3) is 4.35. The smallest absolute Gasteiger partial charge is 0.252 e. The van der Waals surface area contributed by atoms with Crippen molar-refractivity contribution in [1.29, 1.82) is 0 Å². The van der Waals surface area contributed by atoms with E-state index in [0.29, 0.717) is 22.8 Å². The van der Waals surface area contributed by atoms with Crippen molar-refractivity contribution in [3.63, 3.8) is 0 Å². The summed E-state index contributed by atoms with van der Waals surface area (Å²) in [6, 6.07) is 2.54. The summed E-state index contributed by atoms with van der Waals surface area (Å²) in [7, 11) is 4.47. The van der Waals surface area contributed by atoms with Crippen LogP contribution in [0.5, 0.6) is 17.2 Å². The number of carbonyl (C=O) groups is 2. The van der Waals surface area contributed by atoms with Gasteiger partial charge in [-0.1, -0.05) is 0 Å². The van der Waals surface area contributed by atoms with Gasteiger partial charge in [-0.05, 0) is 38.3 Å². The van der Waals surface area contributed by atoms with Gasteiger partial charge in [0.2, 0.25) is 11.7 Å². The predicted octanol–water partition coefficient (Wildman–Crippen LogP) is 1.84. The molecule has 7 heteroatoms. The first-order valence-corrected chi connectivity index (χ1v) is 8.41. The number of likely N-dealkylation sites (tertiary alicyclic amines) is 1. The van der Waals surface area contributed by atoms with Crippen LogP contribution in [0.4, 0.5) is 0 Å². The number of benzene rings is 1. The van der Waals surface area contributed by atoms with Gasteiger partial charge in [-0.25, -0.2) is 0 Å². The Morgan fingerprint density at radius 2 is 1.56 bits per heavy atom. The van der Waals surface area contributed by atoms with Gasteiger partial charge < -0.3 is 24.4 Å². The van der Waals surface area contributed by atoms with Crippen molar-refractivity contribution in [3.8, 4) is 17.2 Å². The SMILES string of the molecule is COc1cc(C(=O)N[C@@H](C)C(=O)N2CCCCC2)cc(OC)c1OC. The number of carbonyl (C=O) groups excluding carboxylic acids is 2. The quantitative estimate of drug-likeness (QED) is 0.847. The van der Waals surface area contributed by atoms with E-state index in [9.17, 15) is 9.59 Å².